The minimum atomic E-state index is -0.487. The molecule has 2 aliphatic rings. The third-order valence-electron chi connectivity index (χ3n) is 7.90. The van der Waals surface area contributed by atoms with E-state index < -0.39 is 4.92 Å². The Bertz CT molecular complexity index is 1890. The number of non-ortho nitro benzene ring substituents is 1. The number of carbonyl (C=O) groups is 2. The first-order valence-corrected chi connectivity index (χ1v) is 14.4. The van der Waals surface area contributed by atoms with Crippen LogP contribution < -0.4 is 29.2 Å². The average molecular weight is 623 g/mol. The standard InChI is InChI=1S/C34H30N4O8/c1-35-27-14-32(30(43-2)12-23(27)17-39)45-18-20-8-21(10-24(9-20)38(41)42)19-46-33-15-28-26(13-31(33)44-3)34(40)37-25(16-36-28)11-22-6-4-5-7-29(22)37/h4-10,12-17,25,35H,11,18-19H2,1-3H3/t25-/m0/s1. The lowest BCUT2D eigenvalue weighted by Gasteiger charge is -2.22. The Morgan fingerprint density at radius 1 is 0.957 bits per heavy atom. The normalized spacial score (nSPS) is 14.5. The predicted molar refractivity (Wildman–Crippen MR) is 172 cm³/mol. The number of hydrogen-bond donors (Lipinski definition) is 1. The molecule has 2 heterocycles. The monoisotopic (exact) mass is 622 g/mol. The van der Waals surface area contributed by atoms with Crippen molar-refractivity contribution in [1.82, 2.24) is 0 Å². The van der Waals surface area contributed by atoms with Crippen molar-refractivity contribution in [2.24, 2.45) is 4.99 Å². The van der Waals surface area contributed by atoms with Crippen LogP contribution in [0.25, 0.3) is 0 Å². The fourth-order valence-electron chi connectivity index (χ4n) is 5.69. The van der Waals surface area contributed by atoms with Crippen molar-refractivity contribution < 1.29 is 33.5 Å². The second-order valence-electron chi connectivity index (χ2n) is 10.7. The number of aldehydes is 1. The van der Waals surface area contributed by atoms with Gasteiger partial charge in [0.25, 0.3) is 11.6 Å². The van der Waals surface area contributed by atoms with Gasteiger partial charge in [-0.3, -0.25) is 29.6 Å². The van der Waals surface area contributed by atoms with Crippen LogP contribution >= 0.6 is 0 Å². The lowest BCUT2D eigenvalue weighted by molar-refractivity contribution is -0.385. The lowest BCUT2D eigenvalue weighted by atomic mass is 10.1. The van der Waals surface area contributed by atoms with E-state index in [1.807, 2.05) is 24.3 Å². The van der Waals surface area contributed by atoms with Crippen LogP contribution in [0.3, 0.4) is 0 Å². The van der Waals surface area contributed by atoms with Gasteiger partial charge in [-0.1, -0.05) is 18.2 Å². The molecule has 0 spiro atoms. The van der Waals surface area contributed by atoms with Gasteiger partial charge in [-0.15, -0.1) is 0 Å². The molecule has 12 nitrogen and oxygen atoms in total. The first-order valence-electron chi connectivity index (χ1n) is 14.4. The molecule has 234 valence electrons. The molecule has 1 N–H and O–H groups in total. The second-order valence-corrected chi connectivity index (χ2v) is 10.7. The smallest absolute Gasteiger partial charge is 0.270 e. The number of anilines is 2. The number of aliphatic imine (C=N–C) groups is 1. The number of hydrogen-bond acceptors (Lipinski definition) is 10. The number of fused-ring (bicyclic) bond motifs is 4. The molecule has 4 aromatic rings. The van der Waals surface area contributed by atoms with Crippen LogP contribution in [-0.2, 0) is 19.6 Å². The Kier molecular flexibility index (Phi) is 8.25. The van der Waals surface area contributed by atoms with E-state index >= 15 is 0 Å². The number of carbonyl (C=O) groups excluding carboxylic acids is 2. The van der Waals surface area contributed by atoms with Gasteiger partial charge in [-0.05, 0) is 41.0 Å². The molecule has 12 heteroatoms. The first kappa shape index (κ1) is 30.1. The van der Waals surface area contributed by atoms with Gasteiger partial charge >= 0.3 is 0 Å². The van der Waals surface area contributed by atoms with Crippen LogP contribution in [0, 0.1) is 10.1 Å². The molecule has 4 aromatic carbocycles. The number of amides is 1. The van der Waals surface area contributed by atoms with Crippen LogP contribution in [0.4, 0.5) is 22.7 Å². The summed E-state index contributed by atoms with van der Waals surface area (Å²) in [5.41, 5.74) is 4.61. The molecular formula is C34H30N4O8. The van der Waals surface area contributed by atoms with Crippen LogP contribution in [0.5, 0.6) is 23.0 Å². The van der Waals surface area contributed by atoms with E-state index in [2.05, 4.69) is 10.3 Å². The summed E-state index contributed by atoms with van der Waals surface area (Å²) in [6.45, 7) is -0.0563. The molecule has 0 saturated carbocycles. The number of methoxy groups -OCH3 is 2. The van der Waals surface area contributed by atoms with Crippen LogP contribution in [0.2, 0.25) is 0 Å². The molecule has 1 amide bonds. The average Bonchev–Trinajstić information content (AvgIpc) is 3.40. The van der Waals surface area contributed by atoms with Gasteiger partial charge in [0.1, 0.15) is 13.2 Å². The Morgan fingerprint density at radius 2 is 1.63 bits per heavy atom. The number of ether oxygens (including phenoxy) is 4. The number of rotatable bonds is 11. The third kappa shape index (κ3) is 5.68. The Hall–Kier alpha value is -5.91. The number of nitrogens with zero attached hydrogens (tertiary/aromatic N) is 3. The molecule has 2 aliphatic heterocycles. The van der Waals surface area contributed by atoms with Crippen molar-refractivity contribution >= 4 is 41.2 Å². The summed E-state index contributed by atoms with van der Waals surface area (Å²) < 4.78 is 23.0. The van der Waals surface area contributed by atoms with Gasteiger partial charge in [-0.25, -0.2) is 0 Å². The quantitative estimate of drug-likeness (QED) is 0.123. The molecular weight excluding hydrogens is 592 g/mol. The van der Waals surface area contributed by atoms with Gasteiger partial charge in [0, 0.05) is 60.9 Å². The van der Waals surface area contributed by atoms with Gasteiger partial charge in [0.2, 0.25) is 0 Å². The minimum absolute atomic E-state index is 0.0194. The number of nitrogens with one attached hydrogen (secondary N) is 1. The maximum Gasteiger partial charge on any atom is 0.270 e. The maximum atomic E-state index is 13.7. The minimum Gasteiger partial charge on any atom is -0.493 e. The summed E-state index contributed by atoms with van der Waals surface area (Å²) in [6.07, 6.45) is 3.15. The van der Waals surface area contributed by atoms with Crippen molar-refractivity contribution in [3.05, 3.63) is 105 Å². The SMILES string of the molecule is CNc1cc(OCc2cc(COc3cc4c(cc3OC)C(=O)N3c5ccccc5C[C@H]3C=N4)cc([N+](=O)[O-])c2)c(OC)cc1C=O. The van der Waals surface area contributed by atoms with E-state index in [0.717, 1.165) is 11.3 Å². The molecule has 0 bridgehead atoms. The van der Waals surface area contributed by atoms with Crippen LogP contribution in [0.15, 0.2) is 71.7 Å². The topological polar surface area (TPSA) is 142 Å². The first-order chi connectivity index (χ1) is 22.3. The highest BCUT2D eigenvalue weighted by atomic mass is 16.6. The van der Waals surface area contributed by atoms with Gasteiger partial charge in [-0.2, -0.15) is 0 Å². The third-order valence-corrected chi connectivity index (χ3v) is 7.90. The Morgan fingerprint density at radius 3 is 2.28 bits per heavy atom. The summed E-state index contributed by atoms with van der Waals surface area (Å²) in [4.78, 5) is 42.8. The van der Waals surface area contributed by atoms with E-state index in [1.54, 1.807) is 48.5 Å². The molecule has 0 fully saturated rings. The molecule has 6 rings (SSSR count). The van der Waals surface area contributed by atoms with Crippen molar-refractivity contribution in [2.45, 2.75) is 25.7 Å². The van der Waals surface area contributed by atoms with Crippen molar-refractivity contribution in [2.75, 3.05) is 31.5 Å². The zero-order valence-corrected chi connectivity index (χ0v) is 25.3. The highest BCUT2D eigenvalue weighted by molar-refractivity contribution is 6.14. The summed E-state index contributed by atoms with van der Waals surface area (Å²) >= 11 is 0. The largest absolute Gasteiger partial charge is 0.493 e. The summed E-state index contributed by atoms with van der Waals surface area (Å²) in [6, 6.07) is 18.6. The second kappa shape index (κ2) is 12.6. The number of para-hydroxylation sites is 1. The van der Waals surface area contributed by atoms with E-state index in [0.29, 0.717) is 69.3 Å². The van der Waals surface area contributed by atoms with Gasteiger partial charge in [0.05, 0.1) is 36.4 Å². The van der Waals surface area contributed by atoms with Crippen molar-refractivity contribution in [1.29, 1.82) is 0 Å². The highest BCUT2D eigenvalue weighted by Gasteiger charge is 2.36. The van der Waals surface area contributed by atoms with Crippen LogP contribution in [-0.4, -0.2) is 50.6 Å². The molecule has 0 unspecified atom stereocenters. The van der Waals surface area contributed by atoms with Gasteiger partial charge < -0.3 is 24.3 Å². The predicted octanol–water partition coefficient (Wildman–Crippen LogP) is 5.91. The van der Waals surface area contributed by atoms with Crippen molar-refractivity contribution in [3.8, 4) is 23.0 Å². The van der Waals surface area contributed by atoms with Crippen molar-refractivity contribution in [3.63, 3.8) is 0 Å². The summed E-state index contributed by atoms with van der Waals surface area (Å²) in [5.74, 6) is 1.17. The molecule has 0 radical (unpaired) electrons. The van der Waals surface area contributed by atoms with E-state index in [9.17, 15) is 19.7 Å². The number of benzene rings is 4. The number of nitro groups is 1. The Labute approximate surface area is 264 Å². The van der Waals surface area contributed by atoms with E-state index in [-0.39, 0.29) is 30.9 Å². The number of nitro benzene ring substituents is 1. The zero-order chi connectivity index (χ0) is 32.4. The Balaban J connectivity index is 1.24. The lowest BCUT2D eigenvalue weighted by Crippen LogP contribution is -2.37. The molecule has 0 aliphatic carbocycles. The summed E-state index contributed by atoms with van der Waals surface area (Å²) in [7, 11) is 4.61. The van der Waals surface area contributed by atoms with E-state index in [1.165, 1.54) is 26.4 Å². The maximum absolute atomic E-state index is 13.7. The zero-order valence-electron chi connectivity index (χ0n) is 25.3. The summed E-state index contributed by atoms with van der Waals surface area (Å²) in [5, 5.41) is 14.7. The van der Waals surface area contributed by atoms with Gasteiger partial charge in [0.15, 0.2) is 29.3 Å². The molecule has 0 saturated heterocycles. The molecule has 46 heavy (non-hydrogen) atoms. The highest BCUT2D eigenvalue weighted by Crippen LogP contribution is 2.41. The molecule has 1 atom stereocenters. The molecule has 0 aromatic heterocycles. The van der Waals surface area contributed by atoms with Crippen LogP contribution in [0.1, 0.15) is 37.4 Å². The van der Waals surface area contributed by atoms with E-state index in [4.69, 9.17) is 18.9 Å². The fourth-order valence-corrected chi connectivity index (χ4v) is 5.69. The fraction of sp³-hybridized carbons (Fsp3) is 0.206.